The standard InChI is InChI=1S/C7H9NO2/c1-2-6-3-5(4-10-6)7(8)9/h2,4,6H,1,3H2,(H2,8,9). The molecular formula is C7H9NO2. The third kappa shape index (κ3) is 1.18. The highest BCUT2D eigenvalue weighted by molar-refractivity contribution is 5.92. The van der Waals surface area contributed by atoms with Crippen LogP contribution in [0.25, 0.3) is 0 Å². The zero-order valence-electron chi connectivity index (χ0n) is 5.54. The molecule has 0 aliphatic carbocycles. The highest BCUT2D eigenvalue weighted by atomic mass is 16.5. The molecule has 10 heavy (non-hydrogen) atoms. The lowest BCUT2D eigenvalue weighted by Gasteiger charge is -2.00. The molecule has 1 atom stereocenters. The van der Waals surface area contributed by atoms with Gasteiger partial charge in [-0.05, 0) is 0 Å². The maximum absolute atomic E-state index is 10.5. The van der Waals surface area contributed by atoms with Gasteiger partial charge in [-0.2, -0.15) is 0 Å². The van der Waals surface area contributed by atoms with E-state index in [1.165, 1.54) is 6.26 Å². The van der Waals surface area contributed by atoms with E-state index in [1.54, 1.807) is 6.08 Å². The van der Waals surface area contributed by atoms with E-state index in [-0.39, 0.29) is 6.10 Å². The maximum atomic E-state index is 10.5. The number of primary amides is 1. The van der Waals surface area contributed by atoms with Gasteiger partial charge in [-0.25, -0.2) is 0 Å². The van der Waals surface area contributed by atoms with E-state index in [9.17, 15) is 4.79 Å². The molecule has 0 bridgehead atoms. The van der Waals surface area contributed by atoms with Crippen LogP contribution >= 0.6 is 0 Å². The van der Waals surface area contributed by atoms with Crippen LogP contribution in [0, 0.1) is 0 Å². The third-order valence-corrected chi connectivity index (χ3v) is 1.39. The molecule has 3 heteroatoms. The quantitative estimate of drug-likeness (QED) is 0.560. The third-order valence-electron chi connectivity index (χ3n) is 1.39. The Balaban J connectivity index is 2.54. The van der Waals surface area contributed by atoms with Crippen LogP contribution < -0.4 is 5.73 Å². The van der Waals surface area contributed by atoms with E-state index in [0.29, 0.717) is 12.0 Å². The predicted molar refractivity (Wildman–Crippen MR) is 37.0 cm³/mol. The molecule has 54 valence electrons. The second kappa shape index (κ2) is 2.56. The Morgan fingerprint density at radius 2 is 2.70 bits per heavy atom. The average Bonchev–Trinajstić information content (AvgIpc) is 2.34. The van der Waals surface area contributed by atoms with Crippen LogP contribution in [0.3, 0.4) is 0 Å². The summed E-state index contributed by atoms with van der Waals surface area (Å²) >= 11 is 0. The zero-order valence-corrected chi connectivity index (χ0v) is 5.54. The Bertz CT molecular complexity index is 196. The lowest BCUT2D eigenvalue weighted by molar-refractivity contribution is -0.114. The van der Waals surface area contributed by atoms with E-state index in [1.807, 2.05) is 0 Å². The molecule has 0 saturated heterocycles. The summed E-state index contributed by atoms with van der Waals surface area (Å²) in [4.78, 5) is 10.5. The van der Waals surface area contributed by atoms with Gasteiger partial charge in [-0.1, -0.05) is 12.7 Å². The van der Waals surface area contributed by atoms with Gasteiger partial charge in [0.25, 0.3) is 0 Å². The number of rotatable bonds is 2. The molecule has 1 heterocycles. The van der Waals surface area contributed by atoms with E-state index >= 15 is 0 Å². The summed E-state index contributed by atoms with van der Waals surface area (Å²) in [5.74, 6) is -0.413. The number of carbonyl (C=O) groups is 1. The summed E-state index contributed by atoms with van der Waals surface area (Å²) < 4.78 is 5.00. The van der Waals surface area contributed by atoms with Gasteiger partial charge < -0.3 is 10.5 Å². The van der Waals surface area contributed by atoms with Crippen molar-refractivity contribution < 1.29 is 9.53 Å². The summed E-state index contributed by atoms with van der Waals surface area (Å²) in [7, 11) is 0. The zero-order chi connectivity index (χ0) is 7.56. The Morgan fingerprint density at radius 1 is 2.00 bits per heavy atom. The fourth-order valence-corrected chi connectivity index (χ4v) is 0.780. The summed E-state index contributed by atoms with van der Waals surface area (Å²) in [6.45, 7) is 3.53. The molecule has 0 aromatic carbocycles. The fourth-order valence-electron chi connectivity index (χ4n) is 0.780. The number of ether oxygens (including phenoxy) is 1. The number of hydrogen-bond acceptors (Lipinski definition) is 2. The smallest absolute Gasteiger partial charge is 0.247 e. The van der Waals surface area contributed by atoms with Crippen molar-refractivity contribution in [3.8, 4) is 0 Å². The average molecular weight is 139 g/mol. The number of amides is 1. The summed E-state index contributed by atoms with van der Waals surface area (Å²) in [6, 6.07) is 0. The van der Waals surface area contributed by atoms with Crippen LogP contribution in [-0.2, 0) is 9.53 Å². The molecule has 1 aliphatic rings. The lowest BCUT2D eigenvalue weighted by Crippen LogP contribution is -2.13. The lowest BCUT2D eigenvalue weighted by atomic mass is 10.1. The fraction of sp³-hybridized carbons (Fsp3) is 0.286. The van der Waals surface area contributed by atoms with Crippen molar-refractivity contribution in [2.45, 2.75) is 12.5 Å². The van der Waals surface area contributed by atoms with Crippen molar-refractivity contribution in [2.24, 2.45) is 5.73 Å². The van der Waals surface area contributed by atoms with Crippen molar-refractivity contribution in [3.05, 3.63) is 24.5 Å². The van der Waals surface area contributed by atoms with Gasteiger partial charge >= 0.3 is 0 Å². The van der Waals surface area contributed by atoms with Crippen LogP contribution in [-0.4, -0.2) is 12.0 Å². The van der Waals surface area contributed by atoms with Gasteiger partial charge in [-0.15, -0.1) is 0 Å². The molecule has 1 amide bonds. The first-order chi connectivity index (χ1) is 4.74. The minimum Gasteiger partial charge on any atom is -0.493 e. The molecule has 1 rings (SSSR count). The monoisotopic (exact) mass is 139 g/mol. The molecule has 0 aromatic heterocycles. The first kappa shape index (κ1) is 6.86. The number of nitrogens with two attached hydrogens (primary N) is 1. The molecule has 0 saturated carbocycles. The van der Waals surface area contributed by atoms with Gasteiger partial charge in [0.15, 0.2) is 0 Å². The molecule has 0 spiro atoms. The van der Waals surface area contributed by atoms with Crippen LogP contribution in [0.15, 0.2) is 24.5 Å². The van der Waals surface area contributed by atoms with Gasteiger partial charge in [0, 0.05) is 6.42 Å². The van der Waals surface area contributed by atoms with Crippen molar-refractivity contribution in [3.63, 3.8) is 0 Å². The van der Waals surface area contributed by atoms with Crippen LogP contribution in [0.5, 0.6) is 0 Å². The Hall–Kier alpha value is -1.25. The SMILES string of the molecule is C=CC1CC(C(N)=O)=CO1. The molecule has 0 fully saturated rings. The Kier molecular flexibility index (Phi) is 1.76. The molecule has 3 nitrogen and oxygen atoms in total. The van der Waals surface area contributed by atoms with Crippen molar-refractivity contribution in [2.75, 3.05) is 0 Å². The molecule has 1 unspecified atom stereocenters. The highest BCUT2D eigenvalue weighted by Gasteiger charge is 2.18. The van der Waals surface area contributed by atoms with Gasteiger partial charge in [-0.3, -0.25) is 4.79 Å². The summed E-state index contributed by atoms with van der Waals surface area (Å²) in [6.07, 6.45) is 3.53. The highest BCUT2D eigenvalue weighted by Crippen LogP contribution is 2.17. The molecular weight excluding hydrogens is 130 g/mol. The van der Waals surface area contributed by atoms with Crippen LogP contribution in [0.4, 0.5) is 0 Å². The largest absolute Gasteiger partial charge is 0.493 e. The first-order valence-corrected chi connectivity index (χ1v) is 3.01. The minimum absolute atomic E-state index is 0.0671. The number of carbonyl (C=O) groups excluding carboxylic acids is 1. The predicted octanol–water partition coefficient (Wildman–Crippen LogP) is 0.331. The second-order valence-electron chi connectivity index (χ2n) is 2.12. The Labute approximate surface area is 59.2 Å². The summed E-state index contributed by atoms with van der Waals surface area (Å²) in [5, 5.41) is 0. The minimum atomic E-state index is -0.413. The number of hydrogen-bond donors (Lipinski definition) is 1. The van der Waals surface area contributed by atoms with Crippen molar-refractivity contribution >= 4 is 5.91 Å². The van der Waals surface area contributed by atoms with E-state index < -0.39 is 5.91 Å². The molecule has 2 N–H and O–H groups in total. The van der Waals surface area contributed by atoms with E-state index in [2.05, 4.69) is 6.58 Å². The molecule has 0 radical (unpaired) electrons. The normalized spacial score (nSPS) is 23.2. The van der Waals surface area contributed by atoms with Gasteiger partial charge in [0.2, 0.25) is 5.91 Å². The topological polar surface area (TPSA) is 52.3 Å². The maximum Gasteiger partial charge on any atom is 0.247 e. The van der Waals surface area contributed by atoms with E-state index in [0.717, 1.165) is 0 Å². The second-order valence-corrected chi connectivity index (χ2v) is 2.12. The molecule has 0 aromatic rings. The van der Waals surface area contributed by atoms with E-state index in [4.69, 9.17) is 10.5 Å². The van der Waals surface area contributed by atoms with Crippen LogP contribution in [0.2, 0.25) is 0 Å². The van der Waals surface area contributed by atoms with Crippen molar-refractivity contribution in [1.29, 1.82) is 0 Å². The first-order valence-electron chi connectivity index (χ1n) is 3.01. The summed E-state index contributed by atoms with van der Waals surface area (Å²) in [5.41, 5.74) is 5.53. The van der Waals surface area contributed by atoms with Gasteiger partial charge in [0.05, 0.1) is 11.8 Å². The van der Waals surface area contributed by atoms with Crippen LogP contribution in [0.1, 0.15) is 6.42 Å². The van der Waals surface area contributed by atoms with Crippen molar-refractivity contribution in [1.82, 2.24) is 0 Å². The Morgan fingerprint density at radius 3 is 3.00 bits per heavy atom. The molecule has 1 aliphatic heterocycles. The van der Waals surface area contributed by atoms with Gasteiger partial charge in [0.1, 0.15) is 6.10 Å².